The van der Waals surface area contributed by atoms with Crippen LogP contribution in [0.5, 0.6) is 0 Å². The largest absolute Gasteiger partial charge is 0.338 e. The molecule has 0 fully saturated rings. The van der Waals surface area contributed by atoms with Gasteiger partial charge in [0.25, 0.3) is 0 Å². The standard InChI is InChI=1S/C10H12Cl2N2O/c11-5-2-6-13-10(15)14-9-4-1-3-8(12)7-9/h1,3-4,7H,2,5-6H2,(H2,13,14,15). The number of alkyl halides is 1. The molecule has 0 radical (unpaired) electrons. The Morgan fingerprint density at radius 1 is 1.40 bits per heavy atom. The van der Waals surface area contributed by atoms with Crippen molar-refractivity contribution in [3.05, 3.63) is 29.3 Å². The molecule has 1 aromatic carbocycles. The van der Waals surface area contributed by atoms with Gasteiger partial charge in [0.05, 0.1) is 0 Å². The van der Waals surface area contributed by atoms with Crippen LogP contribution in [0.4, 0.5) is 10.5 Å². The van der Waals surface area contributed by atoms with Gasteiger partial charge in [-0.25, -0.2) is 4.79 Å². The Morgan fingerprint density at radius 2 is 2.20 bits per heavy atom. The molecule has 0 saturated heterocycles. The fourth-order valence-electron chi connectivity index (χ4n) is 1.01. The number of nitrogens with one attached hydrogen (secondary N) is 2. The number of amides is 2. The number of rotatable bonds is 4. The lowest BCUT2D eigenvalue weighted by molar-refractivity contribution is 0.252. The van der Waals surface area contributed by atoms with Crippen molar-refractivity contribution in [2.45, 2.75) is 6.42 Å². The Kier molecular flexibility index (Phi) is 5.29. The third kappa shape index (κ3) is 4.91. The Bertz CT molecular complexity index is 331. The minimum Gasteiger partial charge on any atom is -0.338 e. The topological polar surface area (TPSA) is 41.1 Å². The second-order valence-corrected chi connectivity index (χ2v) is 3.75. The molecule has 2 N–H and O–H groups in total. The minimum absolute atomic E-state index is 0.248. The maximum atomic E-state index is 11.3. The molecule has 0 unspecified atom stereocenters. The lowest BCUT2D eigenvalue weighted by Gasteiger charge is -2.06. The molecule has 0 heterocycles. The monoisotopic (exact) mass is 246 g/mol. The average molecular weight is 247 g/mol. The fraction of sp³-hybridized carbons (Fsp3) is 0.300. The second-order valence-electron chi connectivity index (χ2n) is 2.93. The van der Waals surface area contributed by atoms with E-state index in [0.717, 1.165) is 6.42 Å². The van der Waals surface area contributed by atoms with Crippen molar-refractivity contribution in [1.82, 2.24) is 5.32 Å². The van der Waals surface area contributed by atoms with Gasteiger partial charge in [-0.1, -0.05) is 17.7 Å². The van der Waals surface area contributed by atoms with Crippen LogP contribution in [-0.4, -0.2) is 18.5 Å². The highest BCUT2D eigenvalue weighted by atomic mass is 35.5. The Labute approximate surface area is 98.8 Å². The fourth-order valence-corrected chi connectivity index (χ4v) is 1.33. The zero-order valence-corrected chi connectivity index (χ0v) is 9.61. The van der Waals surface area contributed by atoms with Crippen LogP contribution >= 0.6 is 23.2 Å². The lowest BCUT2D eigenvalue weighted by atomic mass is 10.3. The molecule has 1 rings (SSSR count). The summed E-state index contributed by atoms with van der Waals surface area (Å²) in [6.07, 6.45) is 0.754. The van der Waals surface area contributed by atoms with Crippen molar-refractivity contribution in [3.8, 4) is 0 Å². The summed E-state index contributed by atoms with van der Waals surface area (Å²) in [7, 11) is 0. The van der Waals surface area contributed by atoms with Crippen molar-refractivity contribution in [1.29, 1.82) is 0 Å². The van der Waals surface area contributed by atoms with Crippen LogP contribution in [0.25, 0.3) is 0 Å². The molecule has 0 aliphatic heterocycles. The van der Waals surface area contributed by atoms with Crippen LogP contribution in [-0.2, 0) is 0 Å². The summed E-state index contributed by atoms with van der Waals surface area (Å²) in [6, 6.07) is 6.73. The van der Waals surface area contributed by atoms with Gasteiger partial charge in [0.2, 0.25) is 0 Å². The number of carbonyl (C=O) groups is 1. The summed E-state index contributed by atoms with van der Waals surface area (Å²) in [5.41, 5.74) is 0.672. The lowest BCUT2D eigenvalue weighted by Crippen LogP contribution is -2.29. The smallest absolute Gasteiger partial charge is 0.319 e. The van der Waals surface area contributed by atoms with E-state index in [1.165, 1.54) is 0 Å². The van der Waals surface area contributed by atoms with Gasteiger partial charge in [-0.05, 0) is 24.6 Å². The van der Waals surface area contributed by atoms with Gasteiger partial charge >= 0.3 is 6.03 Å². The second kappa shape index (κ2) is 6.53. The first-order valence-electron chi connectivity index (χ1n) is 4.59. The van der Waals surface area contributed by atoms with Crippen LogP contribution in [0.2, 0.25) is 5.02 Å². The van der Waals surface area contributed by atoms with Crippen molar-refractivity contribution >= 4 is 34.9 Å². The molecule has 3 nitrogen and oxygen atoms in total. The molecular weight excluding hydrogens is 235 g/mol. The van der Waals surface area contributed by atoms with Crippen molar-refractivity contribution in [3.63, 3.8) is 0 Å². The molecule has 0 bridgehead atoms. The molecule has 0 aliphatic rings. The van der Waals surface area contributed by atoms with Crippen molar-refractivity contribution in [2.75, 3.05) is 17.7 Å². The third-order valence-electron chi connectivity index (χ3n) is 1.68. The van der Waals surface area contributed by atoms with Crippen molar-refractivity contribution in [2.24, 2.45) is 0 Å². The van der Waals surface area contributed by atoms with E-state index in [9.17, 15) is 4.79 Å². The Morgan fingerprint density at radius 3 is 2.87 bits per heavy atom. The minimum atomic E-state index is -0.248. The molecule has 15 heavy (non-hydrogen) atoms. The molecule has 0 aliphatic carbocycles. The number of carbonyl (C=O) groups excluding carboxylic acids is 1. The zero-order valence-electron chi connectivity index (χ0n) is 8.09. The normalized spacial score (nSPS) is 9.73. The first kappa shape index (κ1) is 12.1. The number of anilines is 1. The van der Waals surface area contributed by atoms with E-state index in [1.807, 2.05) is 0 Å². The molecule has 0 atom stereocenters. The molecule has 82 valence electrons. The van der Waals surface area contributed by atoms with Gasteiger partial charge in [-0.3, -0.25) is 0 Å². The summed E-state index contributed by atoms with van der Waals surface area (Å²) < 4.78 is 0. The Hall–Kier alpha value is -0.930. The molecule has 0 aromatic heterocycles. The molecule has 2 amide bonds. The van der Waals surface area contributed by atoms with Crippen molar-refractivity contribution < 1.29 is 4.79 Å². The first-order chi connectivity index (χ1) is 7.22. The summed E-state index contributed by atoms with van der Waals surface area (Å²) in [5, 5.41) is 5.93. The molecule has 5 heteroatoms. The number of hydrogen-bond acceptors (Lipinski definition) is 1. The highest BCUT2D eigenvalue weighted by molar-refractivity contribution is 6.30. The van der Waals surface area contributed by atoms with Crippen LogP contribution in [0.15, 0.2) is 24.3 Å². The van der Waals surface area contributed by atoms with E-state index in [0.29, 0.717) is 23.1 Å². The van der Waals surface area contributed by atoms with E-state index in [2.05, 4.69) is 10.6 Å². The van der Waals surface area contributed by atoms with E-state index >= 15 is 0 Å². The molecular formula is C10H12Cl2N2O. The van der Waals surface area contributed by atoms with Gasteiger partial charge in [0.1, 0.15) is 0 Å². The Balaban J connectivity index is 2.37. The SMILES string of the molecule is O=C(NCCCCl)Nc1cccc(Cl)c1. The van der Waals surface area contributed by atoms with Gasteiger partial charge in [0, 0.05) is 23.1 Å². The predicted molar refractivity (Wildman–Crippen MR) is 63.8 cm³/mol. The third-order valence-corrected chi connectivity index (χ3v) is 2.18. The number of hydrogen-bond donors (Lipinski definition) is 2. The zero-order chi connectivity index (χ0) is 11.1. The van der Waals surface area contributed by atoms with E-state index in [4.69, 9.17) is 23.2 Å². The summed E-state index contributed by atoms with van der Waals surface area (Å²) in [5.74, 6) is 0.539. The van der Waals surface area contributed by atoms with Crippen LogP contribution in [0, 0.1) is 0 Å². The van der Waals surface area contributed by atoms with Crippen LogP contribution in [0.3, 0.4) is 0 Å². The molecule has 0 saturated carbocycles. The van der Waals surface area contributed by atoms with Gasteiger partial charge in [-0.15, -0.1) is 11.6 Å². The maximum Gasteiger partial charge on any atom is 0.319 e. The highest BCUT2D eigenvalue weighted by Crippen LogP contribution is 2.14. The number of urea groups is 1. The summed E-state index contributed by atoms with van der Waals surface area (Å²) >= 11 is 11.2. The summed E-state index contributed by atoms with van der Waals surface area (Å²) in [6.45, 7) is 0.565. The molecule has 1 aromatic rings. The van der Waals surface area contributed by atoms with Gasteiger partial charge in [0.15, 0.2) is 0 Å². The summed E-state index contributed by atoms with van der Waals surface area (Å²) in [4.78, 5) is 11.3. The van der Waals surface area contributed by atoms with E-state index in [-0.39, 0.29) is 6.03 Å². The van der Waals surface area contributed by atoms with Crippen LogP contribution in [0.1, 0.15) is 6.42 Å². The molecule has 0 spiro atoms. The van der Waals surface area contributed by atoms with Gasteiger partial charge in [-0.2, -0.15) is 0 Å². The average Bonchev–Trinajstić information content (AvgIpc) is 2.18. The van der Waals surface area contributed by atoms with Crippen LogP contribution < -0.4 is 10.6 Å². The van der Waals surface area contributed by atoms with E-state index < -0.39 is 0 Å². The number of halogens is 2. The maximum absolute atomic E-state index is 11.3. The highest BCUT2D eigenvalue weighted by Gasteiger charge is 2.00. The number of benzene rings is 1. The quantitative estimate of drug-likeness (QED) is 0.623. The van der Waals surface area contributed by atoms with Gasteiger partial charge < -0.3 is 10.6 Å². The first-order valence-corrected chi connectivity index (χ1v) is 5.50. The predicted octanol–water partition coefficient (Wildman–Crippen LogP) is 3.09. The van der Waals surface area contributed by atoms with E-state index in [1.54, 1.807) is 24.3 Å².